The lowest BCUT2D eigenvalue weighted by molar-refractivity contribution is 0.102. The molecule has 0 aliphatic carbocycles. The molecule has 0 saturated carbocycles. The zero-order chi connectivity index (χ0) is 13.2. The van der Waals surface area contributed by atoms with Crippen molar-refractivity contribution in [2.75, 3.05) is 5.32 Å². The van der Waals surface area contributed by atoms with E-state index in [1.54, 1.807) is 23.1 Å². The predicted octanol–water partition coefficient (Wildman–Crippen LogP) is 0.576. The topological polar surface area (TPSA) is 112 Å². The highest BCUT2D eigenvalue weighted by Crippen LogP contribution is 2.13. The number of nitrogens with one attached hydrogen (secondary N) is 2. The quantitative estimate of drug-likeness (QED) is 0.693. The van der Waals surface area contributed by atoms with Gasteiger partial charge in [-0.05, 0) is 0 Å². The number of hydrogen-bond donors (Lipinski definition) is 2. The Kier molecular flexibility index (Phi) is 2.43. The lowest BCUT2D eigenvalue weighted by atomic mass is 10.2. The standard InChI is InChI=1S/C11H7N7O/c12-3-7-4-14-17-10(7)16-11(19)8-5-15-18-2-1-13-6-9(8)18/h1-2,4-6H,(H2,14,16,17,19). The van der Waals surface area contributed by atoms with Crippen molar-refractivity contribution in [2.45, 2.75) is 0 Å². The van der Waals surface area contributed by atoms with E-state index in [-0.39, 0.29) is 17.3 Å². The number of carbonyl (C=O) groups is 1. The Balaban J connectivity index is 1.95. The third-order valence-electron chi connectivity index (χ3n) is 2.57. The van der Waals surface area contributed by atoms with Crippen molar-refractivity contribution in [3.63, 3.8) is 0 Å². The summed E-state index contributed by atoms with van der Waals surface area (Å²) in [4.78, 5) is 16.1. The highest BCUT2D eigenvalue weighted by molar-refractivity contribution is 6.08. The maximum atomic E-state index is 12.1. The van der Waals surface area contributed by atoms with Crippen molar-refractivity contribution in [3.8, 4) is 6.07 Å². The van der Waals surface area contributed by atoms with Crippen molar-refractivity contribution in [3.05, 3.63) is 42.1 Å². The van der Waals surface area contributed by atoms with Crippen LogP contribution in [0.15, 0.2) is 31.0 Å². The van der Waals surface area contributed by atoms with Gasteiger partial charge in [0.05, 0.1) is 29.7 Å². The molecule has 0 unspecified atom stereocenters. The Bertz CT molecular complexity index is 795. The number of amides is 1. The number of aromatic nitrogens is 5. The third kappa shape index (κ3) is 1.79. The van der Waals surface area contributed by atoms with E-state index in [0.717, 1.165) is 0 Å². The minimum absolute atomic E-state index is 0.260. The lowest BCUT2D eigenvalue weighted by Crippen LogP contribution is -2.12. The second-order valence-corrected chi connectivity index (χ2v) is 3.69. The molecule has 8 heteroatoms. The van der Waals surface area contributed by atoms with Crippen LogP contribution >= 0.6 is 0 Å². The van der Waals surface area contributed by atoms with Crippen molar-refractivity contribution in [1.29, 1.82) is 5.26 Å². The largest absolute Gasteiger partial charge is 0.306 e. The second kappa shape index (κ2) is 4.23. The summed E-state index contributed by atoms with van der Waals surface area (Å²) in [6, 6.07) is 1.92. The minimum atomic E-state index is -0.385. The molecule has 92 valence electrons. The average molecular weight is 253 g/mol. The lowest BCUT2D eigenvalue weighted by Gasteiger charge is -2.01. The molecule has 0 spiro atoms. The molecule has 0 saturated heterocycles. The molecule has 0 bridgehead atoms. The van der Waals surface area contributed by atoms with E-state index < -0.39 is 0 Å². The normalized spacial score (nSPS) is 10.3. The Morgan fingerprint density at radius 2 is 2.32 bits per heavy atom. The summed E-state index contributed by atoms with van der Waals surface area (Å²) in [7, 11) is 0. The molecular formula is C11H7N7O. The zero-order valence-corrected chi connectivity index (χ0v) is 9.53. The van der Waals surface area contributed by atoms with Gasteiger partial charge in [-0.1, -0.05) is 0 Å². The van der Waals surface area contributed by atoms with Gasteiger partial charge in [0.2, 0.25) is 0 Å². The van der Waals surface area contributed by atoms with Crippen LogP contribution < -0.4 is 5.32 Å². The Morgan fingerprint density at radius 1 is 1.42 bits per heavy atom. The van der Waals surface area contributed by atoms with Gasteiger partial charge in [-0.2, -0.15) is 15.5 Å². The van der Waals surface area contributed by atoms with E-state index in [1.165, 1.54) is 12.4 Å². The van der Waals surface area contributed by atoms with E-state index in [9.17, 15) is 4.79 Å². The van der Waals surface area contributed by atoms with Crippen LogP contribution in [-0.4, -0.2) is 30.7 Å². The molecule has 3 heterocycles. The number of nitrogens with zero attached hydrogens (tertiary/aromatic N) is 5. The second-order valence-electron chi connectivity index (χ2n) is 3.69. The molecule has 8 nitrogen and oxygen atoms in total. The minimum Gasteiger partial charge on any atom is -0.306 e. The van der Waals surface area contributed by atoms with Gasteiger partial charge in [0.1, 0.15) is 17.5 Å². The van der Waals surface area contributed by atoms with Crippen LogP contribution in [-0.2, 0) is 0 Å². The number of rotatable bonds is 2. The van der Waals surface area contributed by atoms with E-state index >= 15 is 0 Å². The monoisotopic (exact) mass is 253 g/mol. The first-order chi connectivity index (χ1) is 9.29. The van der Waals surface area contributed by atoms with Crippen molar-refractivity contribution in [1.82, 2.24) is 24.8 Å². The smallest absolute Gasteiger partial charge is 0.260 e. The van der Waals surface area contributed by atoms with E-state index in [2.05, 4.69) is 25.6 Å². The molecule has 1 amide bonds. The number of carbonyl (C=O) groups excluding carboxylic acids is 1. The van der Waals surface area contributed by atoms with Crippen LogP contribution in [0.25, 0.3) is 5.52 Å². The summed E-state index contributed by atoms with van der Waals surface area (Å²) < 4.78 is 1.54. The average Bonchev–Trinajstić information content (AvgIpc) is 3.04. The van der Waals surface area contributed by atoms with Gasteiger partial charge in [0.15, 0.2) is 0 Å². The van der Waals surface area contributed by atoms with Gasteiger partial charge in [-0.3, -0.25) is 14.9 Å². The molecule has 0 aliphatic rings. The van der Waals surface area contributed by atoms with E-state index in [4.69, 9.17) is 5.26 Å². The van der Waals surface area contributed by atoms with Gasteiger partial charge < -0.3 is 5.32 Å². The van der Waals surface area contributed by atoms with Crippen molar-refractivity contribution >= 4 is 17.2 Å². The maximum Gasteiger partial charge on any atom is 0.260 e. The fraction of sp³-hybridized carbons (Fsp3) is 0. The molecule has 0 aliphatic heterocycles. The van der Waals surface area contributed by atoms with Crippen LogP contribution in [0.3, 0.4) is 0 Å². The number of fused-ring (bicyclic) bond motifs is 1. The first kappa shape index (κ1) is 10.9. The number of aromatic amines is 1. The maximum absolute atomic E-state index is 12.1. The number of anilines is 1. The van der Waals surface area contributed by atoms with E-state index in [0.29, 0.717) is 11.1 Å². The summed E-state index contributed by atoms with van der Waals surface area (Å²) in [6.45, 7) is 0. The Hall–Kier alpha value is -3.21. The number of hydrogen-bond acceptors (Lipinski definition) is 5. The first-order valence-electron chi connectivity index (χ1n) is 5.32. The molecule has 0 atom stereocenters. The van der Waals surface area contributed by atoms with Crippen molar-refractivity contribution in [2.24, 2.45) is 0 Å². The van der Waals surface area contributed by atoms with Gasteiger partial charge in [-0.15, -0.1) is 0 Å². The highest BCUT2D eigenvalue weighted by atomic mass is 16.1. The molecule has 2 N–H and O–H groups in total. The molecule has 0 fully saturated rings. The van der Waals surface area contributed by atoms with Crippen LogP contribution in [0.5, 0.6) is 0 Å². The molecule has 3 rings (SSSR count). The molecule has 0 aromatic carbocycles. The summed E-state index contributed by atoms with van der Waals surface area (Å²) in [5.41, 5.74) is 1.22. The molecular weight excluding hydrogens is 246 g/mol. The third-order valence-corrected chi connectivity index (χ3v) is 2.57. The zero-order valence-electron chi connectivity index (χ0n) is 9.53. The Labute approximate surface area is 106 Å². The SMILES string of the molecule is N#Cc1cn[nH]c1NC(=O)c1cnn2ccncc12. The summed E-state index contributed by atoms with van der Waals surface area (Å²) in [5, 5.41) is 21.7. The Morgan fingerprint density at radius 3 is 3.16 bits per heavy atom. The number of H-pyrrole nitrogens is 1. The van der Waals surface area contributed by atoms with Gasteiger partial charge in [-0.25, -0.2) is 4.52 Å². The summed E-state index contributed by atoms with van der Waals surface area (Å²) >= 11 is 0. The van der Waals surface area contributed by atoms with Gasteiger partial charge in [0.25, 0.3) is 5.91 Å². The molecule has 3 aromatic heterocycles. The predicted molar refractivity (Wildman–Crippen MR) is 64.2 cm³/mol. The summed E-state index contributed by atoms with van der Waals surface area (Å²) in [5.74, 6) is -0.125. The molecule has 0 radical (unpaired) electrons. The van der Waals surface area contributed by atoms with Gasteiger partial charge >= 0.3 is 0 Å². The molecule has 3 aromatic rings. The fourth-order valence-electron chi connectivity index (χ4n) is 1.66. The van der Waals surface area contributed by atoms with Crippen LogP contribution in [0.2, 0.25) is 0 Å². The number of nitriles is 1. The van der Waals surface area contributed by atoms with Gasteiger partial charge in [0, 0.05) is 12.4 Å². The molecule has 19 heavy (non-hydrogen) atoms. The van der Waals surface area contributed by atoms with Crippen LogP contribution in [0.4, 0.5) is 5.82 Å². The van der Waals surface area contributed by atoms with Crippen molar-refractivity contribution < 1.29 is 4.79 Å². The van der Waals surface area contributed by atoms with Crippen LogP contribution in [0.1, 0.15) is 15.9 Å². The fourth-order valence-corrected chi connectivity index (χ4v) is 1.66. The van der Waals surface area contributed by atoms with E-state index in [1.807, 2.05) is 6.07 Å². The summed E-state index contributed by atoms with van der Waals surface area (Å²) in [6.07, 6.45) is 7.54. The first-order valence-corrected chi connectivity index (χ1v) is 5.32. The van der Waals surface area contributed by atoms with Crippen LogP contribution in [0, 0.1) is 11.3 Å². The highest BCUT2D eigenvalue weighted by Gasteiger charge is 2.15.